The van der Waals surface area contributed by atoms with Gasteiger partial charge in [0.15, 0.2) is 5.69 Å². The van der Waals surface area contributed by atoms with Gasteiger partial charge in [0, 0.05) is 22.9 Å². The Balaban J connectivity index is 2.25. The highest BCUT2D eigenvalue weighted by Gasteiger charge is 2.23. The first kappa shape index (κ1) is 14.9. The van der Waals surface area contributed by atoms with Gasteiger partial charge >= 0.3 is 5.97 Å². The van der Waals surface area contributed by atoms with Gasteiger partial charge in [-0.15, -0.1) is 0 Å². The quantitative estimate of drug-likeness (QED) is 0.415. The van der Waals surface area contributed by atoms with E-state index in [1.807, 2.05) is 0 Å². The second kappa shape index (κ2) is 5.61. The van der Waals surface area contributed by atoms with Crippen molar-refractivity contribution >= 4 is 39.8 Å². The summed E-state index contributed by atoms with van der Waals surface area (Å²) in [6.45, 7) is 0. The van der Waals surface area contributed by atoms with Crippen LogP contribution in [-0.2, 0) is 4.74 Å². The fraction of sp³-hybridized carbons (Fsp3) is 0.0714. The van der Waals surface area contributed by atoms with Gasteiger partial charge in [0.1, 0.15) is 0 Å². The fourth-order valence-electron chi connectivity index (χ4n) is 2.13. The summed E-state index contributed by atoms with van der Waals surface area (Å²) in [6, 6.07) is 5.47. The Bertz CT molecular complexity index is 929. The summed E-state index contributed by atoms with van der Waals surface area (Å²) >= 11 is 1.35. The number of ether oxygens (including phenoxy) is 1. The van der Waals surface area contributed by atoms with E-state index in [9.17, 15) is 19.7 Å². The molecule has 23 heavy (non-hydrogen) atoms. The molecule has 0 spiro atoms. The number of non-ortho nitro benzene ring substituents is 1. The Morgan fingerprint density at radius 1 is 1.35 bits per heavy atom. The van der Waals surface area contributed by atoms with E-state index >= 15 is 0 Å². The summed E-state index contributed by atoms with van der Waals surface area (Å²) in [5, 5.41) is 18.5. The Labute approximate surface area is 133 Å². The van der Waals surface area contributed by atoms with Crippen molar-refractivity contribution in [1.82, 2.24) is 9.78 Å². The third-order valence-electron chi connectivity index (χ3n) is 3.21. The van der Waals surface area contributed by atoms with E-state index in [-0.39, 0.29) is 16.8 Å². The topological polar surface area (TPSA) is 104 Å². The largest absolute Gasteiger partial charge is 0.464 e. The van der Waals surface area contributed by atoms with Gasteiger partial charge in [0.05, 0.1) is 23.1 Å². The standard InChI is InChI=1S/C14H9N3O5S/c1-22-14(19)12-10-6-9(17(20)21)2-3-11(10)16(15-12)13(18)8-4-5-23-7-8/h2-7H,1H3. The van der Waals surface area contributed by atoms with E-state index in [1.54, 1.807) is 16.8 Å². The highest BCUT2D eigenvalue weighted by molar-refractivity contribution is 7.08. The number of carbonyl (C=O) groups is 2. The van der Waals surface area contributed by atoms with Crippen molar-refractivity contribution in [1.29, 1.82) is 0 Å². The van der Waals surface area contributed by atoms with Crippen LogP contribution < -0.4 is 0 Å². The lowest BCUT2D eigenvalue weighted by atomic mass is 10.2. The van der Waals surface area contributed by atoms with E-state index in [2.05, 4.69) is 9.84 Å². The molecule has 0 aliphatic carbocycles. The molecule has 0 atom stereocenters. The minimum absolute atomic E-state index is 0.144. The zero-order valence-corrected chi connectivity index (χ0v) is 12.6. The number of rotatable bonds is 3. The number of nitro groups is 1. The molecule has 0 unspecified atom stereocenters. The molecule has 8 nitrogen and oxygen atoms in total. The Hall–Kier alpha value is -3.07. The molecule has 1 aromatic carbocycles. The van der Waals surface area contributed by atoms with Crippen molar-refractivity contribution in [3.8, 4) is 0 Å². The smallest absolute Gasteiger partial charge is 0.359 e. The molecule has 0 fully saturated rings. The van der Waals surface area contributed by atoms with Gasteiger partial charge in [-0.3, -0.25) is 14.9 Å². The second-order valence-electron chi connectivity index (χ2n) is 4.53. The number of fused-ring (bicyclic) bond motifs is 1. The van der Waals surface area contributed by atoms with E-state index < -0.39 is 16.8 Å². The van der Waals surface area contributed by atoms with Crippen molar-refractivity contribution in [2.24, 2.45) is 0 Å². The number of aromatic nitrogens is 2. The van der Waals surface area contributed by atoms with Crippen molar-refractivity contribution in [2.75, 3.05) is 7.11 Å². The molecule has 0 aliphatic rings. The average Bonchev–Trinajstić information content (AvgIpc) is 3.20. The lowest BCUT2D eigenvalue weighted by Gasteiger charge is -1.99. The Morgan fingerprint density at radius 2 is 2.13 bits per heavy atom. The zero-order chi connectivity index (χ0) is 16.6. The van der Waals surface area contributed by atoms with Crippen molar-refractivity contribution in [2.45, 2.75) is 0 Å². The van der Waals surface area contributed by atoms with Crippen LogP contribution in [0.25, 0.3) is 10.9 Å². The number of benzene rings is 1. The molecule has 2 heterocycles. The van der Waals surface area contributed by atoms with E-state index in [4.69, 9.17) is 0 Å². The first-order valence-electron chi connectivity index (χ1n) is 6.35. The Morgan fingerprint density at radius 3 is 2.74 bits per heavy atom. The molecule has 2 aromatic heterocycles. The predicted molar refractivity (Wildman–Crippen MR) is 81.8 cm³/mol. The fourth-order valence-corrected chi connectivity index (χ4v) is 2.76. The van der Waals surface area contributed by atoms with E-state index in [1.165, 1.54) is 36.6 Å². The normalized spacial score (nSPS) is 10.7. The maximum atomic E-state index is 12.5. The molecule has 9 heteroatoms. The Kier molecular flexibility index (Phi) is 3.62. The molecule has 0 radical (unpaired) electrons. The lowest BCUT2D eigenvalue weighted by molar-refractivity contribution is -0.384. The van der Waals surface area contributed by atoms with E-state index in [0.717, 1.165) is 4.68 Å². The first-order valence-corrected chi connectivity index (χ1v) is 7.29. The molecule has 0 amide bonds. The van der Waals surface area contributed by atoms with Gasteiger partial charge in [-0.2, -0.15) is 21.1 Å². The lowest BCUT2D eigenvalue weighted by Crippen LogP contribution is -2.14. The summed E-state index contributed by atoms with van der Waals surface area (Å²) in [4.78, 5) is 34.7. The minimum Gasteiger partial charge on any atom is -0.464 e. The molecular formula is C14H9N3O5S. The number of hydrogen-bond donors (Lipinski definition) is 0. The van der Waals surface area contributed by atoms with Gasteiger partial charge in [0.2, 0.25) is 0 Å². The third kappa shape index (κ3) is 2.46. The molecular weight excluding hydrogens is 322 g/mol. The summed E-state index contributed by atoms with van der Waals surface area (Å²) in [7, 11) is 1.17. The highest BCUT2D eigenvalue weighted by Crippen LogP contribution is 2.25. The zero-order valence-electron chi connectivity index (χ0n) is 11.8. The number of methoxy groups -OCH3 is 1. The molecule has 3 aromatic rings. The molecule has 3 rings (SSSR count). The maximum Gasteiger partial charge on any atom is 0.359 e. The van der Waals surface area contributed by atoms with Crippen LogP contribution in [0.4, 0.5) is 5.69 Å². The monoisotopic (exact) mass is 331 g/mol. The molecule has 0 N–H and O–H groups in total. The van der Waals surface area contributed by atoms with Gasteiger partial charge < -0.3 is 4.74 Å². The predicted octanol–water partition coefficient (Wildman–Crippen LogP) is 2.48. The highest BCUT2D eigenvalue weighted by atomic mass is 32.1. The van der Waals surface area contributed by atoms with Crippen LogP contribution in [0, 0.1) is 10.1 Å². The van der Waals surface area contributed by atoms with Crippen LogP contribution >= 0.6 is 11.3 Å². The molecule has 116 valence electrons. The van der Waals surface area contributed by atoms with Gasteiger partial charge in [-0.1, -0.05) is 0 Å². The second-order valence-corrected chi connectivity index (χ2v) is 5.31. The number of carbonyl (C=O) groups excluding carboxylic acids is 2. The summed E-state index contributed by atoms with van der Waals surface area (Å²) in [5.41, 5.74) is 0.362. The summed E-state index contributed by atoms with van der Waals surface area (Å²) < 4.78 is 5.68. The van der Waals surface area contributed by atoms with Gasteiger partial charge in [0.25, 0.3) is 11.6 Å². The van der Waals surface area contributed by atoms with Crippen molar-refractivity contribution < 1.29 is 19.2 Å². The molecule has 0 bridgehead atoms. The number of nitro benzene ring substituents is 1. The molecule has 0 saturated carbocycles. The molecule has 0 saturated heterocycles. The van der Waals surface area contributed by atoms with Crippen LogP contribution in [0.3, 0.4) is 0 Å². The van der Waals surface area contributed by atoms with Crippen molar-refractivity contribution in [3.63, 3.8) is 0 Å². The van der Waals surface area contributed by atoms with Gasteiger partial charge in [-0.05, 0) is 17.5 Å². The number of nitrogens with zero attached hydrogens (tertiary/aromatic N) is 3. The molecule has 0 aliphatic heterocycles. The minimum atomic E-state index is -0.771. The van der Waals surface area contributed by atoms with Crippen LogP contribution in [-0.4, -0.2) is 33.7 Å². The van der Waals surface area contributed by atoms with Crippen LogP contribution in [0.15, 0.2) is 35.0 Å². The first-order chi connectivity index (χ1) is 11.0. The van der Waals surface area contributed by atoms with Crippen LogP contribution in [0.5, 0.6) is 0 Å². The third-order valence-corrected chi connectivity index (χ3v) is 3.90. The van der Waals surface area contributed by atoms with Crippen LogP contribution in [0.2, 0.25) is 0 Å². The summed E-state index contributed by atoms with van der Waals surface area (Å²) in [6.07, 6.45) is 0. The SMILES string of the molecule is COC(=O)c1nn(C(=O)c2ccsc2)c2ccc([N+](=O)[O-])cc12. The van der Waals surface area contributed by atoms with Crippen LogP contribution in [0.1, 0.15) is 20.8 Å². The average molecular weight is 331 g/mol. The maximum absolute atomic E-state index is 12.5. The number of hydrogen-bond acceptors (Lipinski definition) is 7. The van der Waals surface area contributed by atoms with E-state index in [0.29, 0.717) is 11.1 Å². The number of thiophene rings is 1. The van der Waals surface area contributed by atoms with Crippen molar-refractivity contribution in [3.05, 3.63) is 56.4 Å². The summed E-state index contributed by atoms with van der Waals surface area (Å²) in [5.74, 6) is -1.20. The number of esters is 1. The van der Waals surface area contributed by atoms with Gasteiger partial charge in [-0.25, -0.2) is 4.79 Å².